The Kier molecular flexibility index (Phi) is 6.33. The third kappa shape index (κ3) is 5.16. The second-order valence-corrected chi connectivity index (χ2v) is 7.55. The van der Waals surface area contributed by atoms with Gasteiger partial charge in [-0.1, -0.05) is 12.1 Å². The lowest BCUT2D eigenvalue weighted by atomic mass is 10.1. The predicted molar refractivity (Wildman–Crippen MR) is 96.1 cm³/mol. The van der Waals surface area contributed by atoms with E-state index in [1.165, 1.54) is 25.7 Å². The van der Waals surface area contributed by atoms with Gasteiger partial charge >= 0.3 is 5.97 Å². The molecule has 2 N–H and O–H groups in total. The van der Waals surface area contributed by atoms with Crippen molar-refractivity contribution in [3.8, 4) is 0 Å². The molecule has 1 aliphatic rings. The molecule has 1 atom stereocenters. The lowest BCUT2D eigenvalue weighted by molar-refractivity contribution is 0.0600. The number of benzene rings is 1. The van der Waals surface area contributed by atoms with Crippen LogP contribution in [0.5, 0.6) is 0 Å². The zero-order valence-corrected chi connectivity index (χ0v) is 14.8. The second-order valence-electron chi connectivity index (χ2n) is 5.87. The summed E-state index contributed by atoms with van der Waals surface area (Å²) in [5.74, 6) is 1.73. The molecule has 1 fully saturated rings. The molecule has 1 aromatic rings. The Bertz CT molecular complexity index is 551. The zero-order chi connectivity index (χ0) is 16.7. The first-order chi connectivity index (χ1) is 11.1. The van der Waals surface area contributed by atoms with Gasteiger partial charge in [-0.2, -0.15) is 11.8 Å². The van der Waals surface area contributed by atoms with E-state index >= 15 is 0 Å². The molecule has 1 unspecified atom stereocenters. The average Bonchev–Trinajstić information content (AvgIpc) is 3.01. The van der Waals surface area contributed by atoms with Crippen LogP contribution in [0.2, 0.25) is 0 Å². The van der Waals surface area contributed by atoms with Gasteiger partial charge in [0, 0.05) is 24.9 Å². The van der Waals surface area contributed by atoms with Crippen molar-refractivity contribution in [3.63, 3.8) is 0 Å². The summed E-state index contributed by atoms with van der Waals surface area (Å²) < 4.78 is 5.00. The number of guanidine groups is 1. The Labute approximate surface area is 142 Å². The van der Waals surface area contributed by atoms with Crippen LogP contribution in [0.1, 0.15) is 35.7 Å². The van der Waals surface area contributed by atoms with Gasteiger partial charge in [0.1, 0.15) is 0 Å². The van der Waals surface area contributed by atoms with Crippen molar-refractivity contribution < 1.29 is 9.53 Å². The van der Waals surface area contributed by atoms with Crippen molar-refractivity contribution in [2.45, 2.75) is 31.1 Å². The molecule has 2 rings (SSSR count). The van der Waals surface area contributed by atoms with Crippen molar-refractivity contribution >= 4 is 23.7 Å². The molecule has 23 heavy (non-hydrogen) atoms. The number of hydrogen-bond donors (Lipinski definition) is 2. The van der Waals surface area contributed by atoms with E-state index in [2.05, 4.69) is 22.5 Å². The minimum atomic E-state index is -0.315. The number of esters is 1. The first-order valence-electron chi connectivity index (χ1n) is 7.82. The summed E-state index contributed by atoms with van der Waals surface area (Å²) in [4.78, 5) is 15.7. The second kappa shape index (κ2) is 8.24. The molecule has 0 amide bonds. The van der Waals surface area contributed by atoms with Crippen molar-refractivity contribution in [2.75, 3.05) is 26.5 Å². The number of thioether (sulfide) groups is 1. The average molecular weight is 335 g/mol. The molecule has 0 aromatic heterocycles. The van der Waals surface area contributed by atoms with Gasteiger partial charge in [0.25, 0.3) is 0 Å². The third-order valence-electron chi connectivity index (χ3n) is 3.99. The highest BCUT2D eigenvalue weighted by atomic mass is 32.2. The van der Waals surface area contributed by atoms with Gasteiger partial charge in [-0.05, 0) is 43.2 Å². The minimum absolute atomic E-state index is 0.305. The number of rotatable bonds is 5. The van der Waals surface area contributed by atoms with Gasteiger partial charge in [0.05, 0.1) is 12.7 Å². The number of carbonyl (C=O) groups excluding carboxylic acids is 1. The molecule has 0 aliphatic carbocycles. The number of nitrogens with zero attached hydrogens (tertiary/aromatic N) is 1. The number of aliphatic imine (C=N–C) groups is 1. The summed E-state index contributed by atoms with van der Waals surface area (Å²) in [5, 5.41) is 6.71. The normalized spacial score (nSPS) is 21.1. The predicted octanol–water partition coefficient (Wildman–Crippen LogP) is 2.42. The zero-order valence-electron chi connectivity index (χ0n) is 14.0. The maximum atomic E-state index is 11.4. The SMILES string of the molecule is CN=C(NCc1ccc(C(=O)OC)cc1)NCC1(C)CCCS1. The molecule has 1 aromatic carbocycles. The van der Waals surface area contributed by atoms with Gasteiger partial charge in [-0.3, -0.25) is 4.99 Å². The molecule has 5 nitrogen and oxygen atoms in total. The smallest absolute Gasteiger partial charge is 0.337 e. The number of methoxy groups -OCH3 is 1. The fraction of sp³-hybridized carbons (Fsp3) is 0.529. The highest BCUT2D eigenvalue weighted by Gasteiger charge is 2.29. The number of ether oxygens (including phenoxy) is 1. The van der Waals surface area contributed by atoms with Gasteiger partial charge in [0.2, 0.25) is 0 Å². The summed E-state index contributed by atoms with van der Waals surface area (Å²) in [5.41, 5.74) is 1.65. The summed E-state index contributed by atoms with van der Waals surface area (Å²) in [7, 11) is 3.16. The number of hydrogen-bond acceptors (Lipinski definition) is 4. The van der Waals surface area contributed by atoms with E-state index in [0.717, 1.165) is 18.1 Å². The summed E-state index contributed by atoms with van der Waals surface area (Å²) in [6, 6.07) is 7.38. The summed E-state index contributed by atoms with van der Waals surface area (Å²) in [6.07, 6.45) is 2.54. The Hall–Kier alpha value is -1.69. The Morgan fingerprint density at radius 1 is 1.35 bits per heavy atom. The van der Waals surface area contributed by atoms with Crippen LogP contribution in [0.15, 0.2) is 29.3 Å². The first kappa shape index (κ1) is 17.7. The van der Waals surface area contributed by atoms with E-state index in [1.807, 2.05) is 23.9 Å². The van der Waals surface area contributed by atoms with Crippen LogP contribution in [-0.4, -0.2) is 43.1 Å². The maximum Gasteiger partial charge on any atom is 0.337 e. The molecule has 6 heteroatoms. The van der Waals surface area contributed by atoms with E-state index in [9.17, 15) is 4.79 Å². The number of carbonyl (C=O) groups is 1. The molecule has 1 aliphatic heterocycles. The molecule has 0 saturated carbocycles. The number of nitrogens with one attached hydrogen (secondary N) is 2. The third-order valence-corrected chi connectivity index (χ3v) is 5.53. The van der Waals surface area contributed by atoms with E-state index < -0.39 is 0 Å². The van der Waals surface area contributed by atoms with Crippen molar-refractivity contribution in [2.24, 2.45) is 4.99 Å². The van der Waals surface area contributed by atoms with Crippen LogP contribution in [0.25, 0.3) is 0 Å². The molecular formula is C17H25N3O2S. The van der Waals surface area contributed by atoms with Crippen molar-refractivity contribution in [1.29, 1.82) is 0 Å². The quantitative estimate of drug-likeness (QED) is 0.492. The summed E-state index contributed by atoms with van der Waals surface area (Å²) >= 11 is 2.03. The van der Waals surface area contributed by atoms with E-state index in [0.29, 0.717) is 16.9 Å². The van der Waals surface area contributed by atoms with E-state index in [-0.39, 0.29) is 5.97 Å². The van der Waals surface area contributed by atoms with E-state index in [4.69, 9.17) is 4.74 Å². The fourth-order valence-electron chi connectivity index (χ4n) is 2.53. The van der Waals surface area contributed by atoms with Crippen LogP contribution < -0.4 is 10.6 Å². The first-order valence-corrected chi connectivity index (χ1v) is 8.80. The van der Waals surface area contributed by atoms with Crippen LogP contribution in [-0.2, 0) is 11.3 Å². The summed E-state index contributed by atoms with van der Waals surface area (Å²) in [6.45, 7) is 3.88. The Morgan fingerprint density at radius 3 is 2.65 bits per heavy atom. The maximum absolute atomic E-state index is 11.4. The lowest BCUT2D eigenvalue weighted by Gasteiger charge is -2.24. The Morgan fingerprint density at radius 2 is 2.09 bits per heavy atom. The molecule has 0 bridgehead atoms. The standard InChI is InChI=1S/C17H25N3O2S/c1-17(9-4-10-23-17)12-20-16(18-2)19-11-13-5-7-14(8-6-13)15(21)22-3/h5-8H,4,9-12H2,1-3H3,(H2,18,19,20). The molecular weight excluding hydrogens is 310 g/mol. The largest absolute Gasteiger partial charge is 0.465 e. The monoisotopic (exact) mass is 335 g/mol. The fourth-order valence-corrected chi connectivity index (χ4v) is 3.77. The van der Waals surface area contributed by atoms with Crippen molar-refractivity contribution in [1.82, 2.24) is 10.6 Å². The minimum Gasteiger partial charge on any atom is -0.465 e. The molecule has 0 spiro atoms. The molecule has 0 radical (unpaired) electrons. The molecule has 126 valence electrons. The molecule has 1 heterocycles. The topological polar surface area (TPSA) is 62.7 Å². The van der Waals surface area contributed by atoms with Crippen LogP contribution >= 0.6 is 11.8 Å². The van der Waals surface area contributed by atoms with Crippen LogP contribution in [0.3, 0.4) is 0 Å². The Balaban J connectivity index is 1.82. The van der Waals surface area contributed by atoms with Crippen LogP contribution in [0.4, 0.5) is 0 Å². The highest BCUT2D eigenvalue weighted by Crippen LogP contribution is 2.36. The van der Waals surface area contributed by atoms with Gasteiger partial charge in [0.15, 0.2) is 5.96 Å². The lowest BCUT2D eigenvalue weighted by Crippen LogP contribution is -2.43. The van der Waals surface area contributed by atoms with Gasteiger partial charge in [-0.25, -0.2) is 4.79 Å². The highest BCUT2D eigenvalue weighted by molar-refractivity contribution is 8.00. The molecule has 1 saturated heterocycles. The van der Waals surface area contributed by atoms with Gasteiger partial charge in [-0.15, -0.1) is 0 Å². The van der Waals surface area contributed by atoms with Gasteiger partial charge < -0.3 is 15.4 Å². The van der Waals surface area contributed by atoms with Crippen molar-refractivity contribution in [3.05, 3.63) is 35.4 Å². The van der Waals surface area contributed by atoms with Crippen LogP contribution in [0, 0.1) is 0 Å². The van der Waals surface area contributed by atoms with E-state index in [1.54, 1.807) is 19.2 Å².